The number of aromatic nitrogens is 2. The Kier molecular flexibility index (Phi) is 7.32. The molecule has 1 saturated heterocycles. The van der Waals surface area contributed by atoms with Gasteiger partial charge in [-0.15, -0.1) is 5.06 Å². The molecule has 0 radical (unpaired) electrons. The smallest absolute Gasteiger partial charge is 0.345 e. The predicted molar refractivity (Wildman–Crippen MR) is 109 cm³/mol. The summed E-state index contributed by atoms with van der Waals surface area (Å²) in [4.78, 5) is 38.4. The molecular weight excluding hydrogens is 461 g/mol. The second kappa shape index (κ2) is 9.71. The van der Waals surface area contributed by atoms with E-state index in [-0.39, 0.29) is 9.63 Å². The number of alkyl halides is 1. The maximum absolute atomic E-state index is 12.5. The summed E-state index contributed by atoms with van der Waals surface area (Å²) in [6.45, 7) is -1.41. The molecule has 1 fully saturated rings. The zero-order valence-corrected chi connectivity index (χ0v) is 17.9. The number of nitrogens with one attached hydrogen (secondary N) is 1. The molecule has 0 amide bonds. The van der Waals surface area contributed by atoms with Gasteiger partial charge in [0.05, 0.1) is 13.2 Å². The van der Waals surface area contributed by atoms with Crippen molar-refractivity contribution < 1.29 is 44.3 Å². The molecule has 0 spiro atoms. The van der Waals surface area contributed by atoms with Crippen molar-refractivity contribution in [1.82, 2.24) is 14.6 Å². The number of hydrogen-bond donors (Lipinski definition) is 6. The molecule has 1 aliphatic rings. The third kappa shape index (κ3) is 4.27. The maximum Gasteiger partial charge on any atom is 0.345 e. The molecule has 186 valence electrons. The number of aliphatic hydroxyl groups excluding tert-OH is 2. The third-order valence-electron chi connectivity index (χ3n) is 5.38. The van der Waals surface area contributed by atoms with E-state index in [0.717, 1.165) is 5.56 Å². The van der Waals surface area contributed by atoms with Crippen LogP contribution in [-0.4, -0.2) is 84.0 Å². The van der Waals surface area contributed by atoms with Gasteiger partial charge in [-0.2, -0.15) is 0 Å². The van der Waals surface area contributed by atoms with Crippen molar-refractivity contribution in [2.75, 3.05) is 19.9 Å². The zero-order valence-electron chi connectivity index (χ0n) is 17.9. The number of H-pyrrole nitrogens is 1. The number of aliphatic hydroxyl groups is 4. The standard InChI is InChI=1S/C20H24FN3O10/c1-11-2-4-12(5-3-11)8-24(32)19(30)15(26)14(10-25)34-20(19,31)23-9-13(16(27)22-18(23)29)17(28)33-7-6-21/h2-5,9,14-15,25-26,30-32H,6-8,10H2,1H3,(H,22,27,29)/t14-,15-,19-,20-/m1/s1. The third-order valence-corrected chi connectivity index (χ3v) is 5.38. The van der Waals surface area contributed by atoms with Gasteiger partial charge in [0.2, 0.25) is 5.72 Å². The minimum atomic E-state index is -3.34. The number of aryl methyl sites for hydroxylation is 1. The van der Waals surface area contributed by atoms with Gasteiger partial charge in [0, 0.05) is 6.20 Å². The van der Waals surface area contributed by atoms with Crippen molar-refractivity contribution in [3.05, 3.63) is 68.0 Å². The molecule has 6 N–H and O–H groups in total. The van der Waals surface area contributed by atoms with Gasteiger partial charge in [0.25, 0.3) is 5.56 Å². The van der Waals surface area contributed by atoms with Crippen LogP contribution in [0.4, 0.5) is 4.39 Å². The summed E-state index contributed by atoms with van der Waals surface area (Å²) in [6, 6.07) is 6.55. The molecule has 1 aromatic heterocycles. The number of benzene rings is 1. The highest BCUT2D eigenvalue weighted by molar-refractivity contribution is 5.88. The van der Waals surface area contributed by atoms with Crippen LogP contribution < -0.4 is 11.2 Å². The van der Waals surface area contributed by atoms with Crippen molar-refractivity contribution in [2.24, 2.45) is 0 Å². The summed E-state index contributed by atoms with van der Waals surface area (Å²) in [6.07, 6.45) is -3.46. The van der Waals surface area contributed by atoms with E-state index in [9.17, 15) is 44.4 Å². The molecule has 4 atom stereocenters. The van der Waals surface area contributed by atoms with E-state index in [4.69, 9.17) is 4.74 Å². The number of hydroxylamine groups is 2. The van der Waals surface area contributed by atoms with Gasteiger partial charge >= 0.3 is 17.6 Å². The molecule has 14 heteroatoms. The first-order valence-corrected chi connectivity index (χ1v) is 10.0. The number of halogens is 1. The monoisotopic (exact) mass is 485 g/mol. The number of carbonyl (C=O) groups is 1. The molecule has 3 rings (SSSR count). The average molecular weight is 485 g/mol. The van der Waals surface area contributed by atoms with Gasteiger partial charge in [-0.25, -0.2) is 18.5 Å². The Morgan fingerprint density at radius 1 is 1.29 bits per heavy atom. The number of carbonyl (C=O) groups excluding carboxylic acids is 1. The number of esters is 1. The second-order valence-corrected chi connectivity index (χ2v) is 7.66. The lowest BCUT2D eigenvalue weighted by molar-refractivity contribution is -0.413. The quantitative estimate of drug-likeness (QED) is 0.136. The Morgan fingerprint density at radius 3 is 2.53 bits per heavy atom. The predicted octanol–water partition coefficient (Wildman–Crippen LogP) is -2.09. The Labute approximate surface area is 190 Å². The maximum atomic E-state index is 12.5. The molecular formula is C20H24FN3O10. The SMILES string of the molecule is Cc1ccc(CN(O)[C@@]2(O)[C@H](O)[C@@H](CO)O[C@@]2(O)n2cc(C(=O)OCCF)c(=O)[nH]c2=O)cc1. The van der Waals surface area contributed by atoms with Crippen molar-refractivity contribution >= 4 is 5.97 Å². The van der Waals surface area contributed by atoms with Crippen LogP contribution in [0.15, 0.2) is 40.1 Å². The first kappa shape index (κ1) is 25.6. The normalized spacial score (nSPS) is 26.7. The van der Waals surface area contributed by atoms with Crippen LogP contribution in [0.3, 0.4) is 0 Å². The summed E-state index contributed by atoms with van der Waals surface area (Å²) in [5.41, 5.74) is -5.45. The minimum Gasteiger partial charge on any atom is -0.459 e. The van der Waals surface area contributed by atoms with Crippen LogP contribution in [-0.2, 0) is 21.9 Å². The highest BCUT2D eigenvalue weighted by Gasteiger charge is 2.70. The van der Waals surface area contributed by atoms with E-state index in [0.29, 0.717) is 11.8 Å². The first-order valence-electron chi connectivity index (χ1n) is 10.0. The van der Waals surface area contributed by atoms with Gasteiger partial charge in [-0.1, -0.05) is 29.8 Å². The summed E-state index contributed by atoms with van der Waals surface area (Å²) in [7, 11) is 0. The molecule has 1 aliphatic heterocycles. The van der Waals surface area contributed by atoms with Gasteiger partial charge < -0.3 is 35.1 Å². The lowest BCUT2D eigenvalue weighted by Gasteiger charge is -2.42. The lowest BCUT2D eigenvalue weighted by Crippen LogP contribution is -2.68. The van der Waals surface area contributed by atoms with Crippen molar-refractivity contribution in [1.29, 1.82) is 0 Å². The van der Waals surface area contributed by atoms with E-state index in [1.54, 1.807) is 29.2 Å². The number of hydrogen-bond acceptors (Lipinski definition) is 11. The highest BCUT2D eigenvalue weighted by atomic mass is 19.1. The van der Waals surface area contributed by atoms with Gasteiger partial charge in [0.15, 0.2) is 0 Å². The van der Waals surface area contributed by atoms with Gasteiger partial charge in [0.1, 0.15) is 31.1 Å². The summed E-state index contributed by atoms with van der Waals surface area (Å²) >= 11 is 0. The Bertz CT molecular complexity index is 1150. The molecule has 0 saturated carbocycles. The van der Waals surface area contributed by atoms with E-state index in [1.165, 1.54) is 0 Å². The zero-order chi connectivity index (χ0) is 25.3. The number of aromatic amines is 1. The number of ether oxygens (including phenoxy) is 2. The molecule has 34 heavy (non-hydrogen) atoms. The van der Waals surface area contributed by atoms with E-state index in [2.05, 4.69) is 4.74 Å². The lowest BCUT2D eigenvalue weighted by atomic mass is 10.00. The van der Waals surface area contributed by atoms with Gasteiger partial charge in [-0.05, 0) is 12.5 Å². The second-order valence-electron chi connectivity index (χ2n) is 7.66. The molecule has 13 nitrogen and oxygen atoms in total. The topological polar surface area (TPSA) is 195 Å². The van der Waals surface area contributed by atoms with Crippen LogP contribution in [0, 0.1) is 6.92 Å². The van der Waals surface area contributed by atoms with E-state index >= 15 is 0 Å². The van der Waals surface area contributed by atoms with Crippen LogP contribution in [0.25, 0.3) is 0 Å². The average Bonchev–Trinajstić information content (AvgIpc) is 3.01. The van der Waals surface area contributed by atoms with Crippen molar-refractivity contribution in [3.63, 3.8) is 0 Å². The van der Waals surface area contributed by atoms with Crippen molar-refractivity contribution in [2.45, 2.75) is 37.3 Å². The Hall–Kier alpha value is -2.98. The van der Waals surface area contributed by atoms with Gasteiger partial charge in [-0.3, -0.25) is 9.78 Å². The summed E-state index contributed by atoms with van der Waals surface area (Å²) < 4.78 is 22.2. The van der Waals surface area contributed by atoms with Crippen LogP contribution in [0.5, 0.6) is 0 Å². The fourth-order valence-corrected chi connectivity index (χ4v) is 3.54. The summed E-state index contributed by atoms with van der Waals surface area (Å²) in [5, 5.41) is 53.6. The fraction of sp³-hybridized carbons (Fsp3) is 0.450. The minimum absolute atomic E-state index is 0.0939. The van der Waals surface area contributed by atoms with Crippen LogP contribution in [0.2, 0.25) is 0 Å². The molecule has 2 aromatic rings. The van der Waals surface area contributed by atoms with Crippen LogP contribution in [0.1, 0.15) is 21.5 Å². The molecule has 0 unspecified atom stereocenters. The highest BCUT2D eigenvalue weighted by Crippen LogP contribution is 2.43. The number of rotatable bonds is 8. The molecule has 1 aromatic carbocycles. The Balaban J connectivity index is 2.11. The summed E-state index contributed by atoms with van der Waals surface area (Å²) in [5.74, 6) is -4.70. The fourth-order valence-electron chi connectivity index (χ4n) is 3.54. The Morgan fingerprint density at radius 2 is 1.94 bits per heavy atom. The van der Waals surface area contributed by atoms with Crippen LogP contribution >= 0.6 is 0 Å². The van der Waals surface area contributed by atoms with E-state index in [1.807, 2.05) is 6.92 Å². The van der Waals surface area contributed by atoms with Crippen molar-refractivity contribution in [3.8, 4) is 0 Å². The molecule has 0 bridgehead atoms. The van der Waals surface area contributed by atoms with E-state index < -0.39 is 73.1 Å². The largest absolute Gasteiger partial charge is 0.459 e. The first-order chi connectivity index (χ1) is 16.0. The number of nitrogens with zero attached hydrogens (tertiary/aromatic N) is 2. The molecule has 2 heterocycles. The molecule has 0 aliphatic carbocycles.